The van der Waals surface area contributed by atoms with Gasteiger partial charge in [0.15, 0.2) is 0 Å². The summed E-state index contributed by atoms with van der Waals surface area (Å²) in [6.45, 7) is 2.19. The lowest BCUT2D eigenvalue weighted by molar-refractivity contribution is 0.564. The molecule has 1 nitrogen and oxygen atoms in total. The van der Waals surface area contributed by atoms with E-state index in [4.69, 9.17) is 5.73 Å². The SMILES string of the molecule is CC(c1ccccc1)C(N)Cc1cccc(Br)c1. The van der Waals surface area contributed by atoms with Gasteiger partial charge in [0.1, 0.15) is 0 Å². The first-order valence-corrected chi connectivity index (χ1v) is 7.01. The zero-order valence-corrected chi connectivity index (χ0v) is 12.1. The van der Waals surface area contributed by atoms with E-state index in [1.165, 1.54) is 11.1 Å². The fourth-order valence-electron chi connectivity index (χ4n) is 2.12. The van der Waals surface area contributed by atoms with Crippen LogP contribution in [0.25, 0.3) is 0 Å². The molecule has 2 heteroatoms. The third-order valence-electron chi connectivity index (χ3n) is 3.33. The number of hydrogen-bond donors (Lipinski definition) is 1. The van der Waals surface area contributed by atoms with Gasteiger partial charge in [-0.2, -0.15) is 0 Å². The molecule has 0 aliphatic rings. The Morgan fingerprint density at radius 2 is 1.78 bits per heavy atom. The van der Waals surface area contributed by atoms with Crippen molar-refractivity contribution < 1.29 is 0 Å². The molecule has 0 bridgehead atoms. The van der Waals surface area contributed by atoms with E-state index in [0.29, 0.717) is 5.92 Å². The number of nitrogens with two attached hydrogens (primary N) is 1. The molecule has 0 amide bonds. The van der Waals surface area contributed by atoms with Gasteiger partial charge in [-0.25, -0.2) is 0 Å². The topological polar surface area (TPSA) is 26.0 Å². The summed E-state index contributed by atoms with van der Waals surface area (Å²) in [7, 11) is 0. The minimum Gasteiger partial charge on any atom is -0.327 e. The second-order valence-electron chi connectivity index (χ2n) is 4.70. The van der Waals surface area contributed by atoms with Crippen LogP contribution in [0.2, 0.25) is 0 Å². The molecule has 0 aromatic heterocycles. The molecule has 18 heavy (non-hydrogen) atoms. The van der Waals surface area contributed by atoms with Gasteiger partial charge >= 0.3 is 0 Å². The van der Waals surface area contributed by atoms with Gasteiger partial charge in [-0.05, 0) is 35.6 Å². The van der Waals surface area contributed by atoms with Gasteiger partial charge in [-0.1, -0.05) is 65.3 Å². The van der Waals surface area contributed by atoms with Gasteiger partial charge in [-0.3, -0.25) is 0 Å². The van der Waals surface area contributed by atoms with Gasteiger partial charge in [0.05, 0.1) is 0 Å². The fourth-order valence-corrected chi connectivity index (χ4v) is 2.56. The highest BCUT2D eigenvalue weighted by atomic mass is 79.9. The Balaban J connectivity index is 2.06. The molecule has 94 valence electrons. The van der Waals surface area contributed by atoms with Crippen LogP contribution in [0.4, 0.5) is 0 Å². The molecule has 2 aromatic rings. The summed E-state index contributed by atoms with van der Waals surface area (Å²) >= 11 is 3.49. The normalized spacial score (nSPS) is 14.2. The van der Waals surface area contributed by atoms with Crippen LogP contribution in [0.15, 0.2) is 59.1 Å². The Kier molecular flexibility index (Phi) is 4.56. The molecule has 0 aliphatic carbocycles. The quantitative estimate of drug-likeness (QED) is 0.903. The van der Waals surface area contributed by atoms with Crippen molar-refractivity contribution in [3.8, 4) is 0 Å². The van der Waals surface area contributed by atoms with Crippen molar-refractivity contribution in [2.75, 3.05) is 0 Å². The third-order valence-corrected chi connectivity index (χ3v) is 3.82. The van der Waals surface area contributed by atoms with Crippen LogP contribution in [-0.2, 0) is 6.42 Å². The van der Waals surface area contributed by atoms with Crippen LogP contribution in [-0.4, -0.2) is 6.04 Å². The molecule has 2 atom stereocenters. The molecule has 2 unspecified atom stereocenters. The van der Waals surface area contributed by atoms with E-state index in [1.54, 1.807) is 0 Å². The number of halogens is 1. The fraction of sp³-hybridized carbons (Fsp3) is 0.250. The lowest BCUT2D eigenvalue weighted by atomic mass is 9.90. The van der Waals surface area contributed by atoms with Crippen molar-refractivity contribution in [3.63, 3.8) is 0 Å². The molecule has 0 fully saturated rings. The summed E-state index contributed by atoms with van der Waals surface area (Å²) in [5, 5.41) is 0. The van der Waals surface area contributed by atoms with Crippen molar-refractivity contribution in [2.45, 2.75) is 25.3 Å². The van der Waals surface area contributed by atoms with Gasteiger partial charge in [-0.15, -0.1) is 0 Å². The molecular weight excluding hydrogens is 286 g/mol. The van der Waals surface area contributed by atoms with E-state index in [0.717, 1.165) is 10.9 Å². The van der Waals surface area contributed by atoms with Crippen LogP contribution in [0.1, 0.15) is 24.0 Å². The van der Waals surface area contributed by atoms with Gasteiger partial charge in [0, 0.05) is 10.5 Å². The molecule has 0 spiro atoms. The predicted molar refractivity (Wildman–Crippen MR) is 80.7 cm³/mol. The maximum atomic E-state index is 6.32. The average Bonchev–Trinajstić information content (AvgIpc) is 2.39. The van der Waals surface area contributed by atoms with Crippen molar-refractivity contribution in [1.82, 2.24) is 0 Å². The number of rotatable bonds is 4. The maximum Gasteiger partial charge on any atom is 0.0178 e. The van der Waals surface area contributed by atoms with Crippen LogP contribution in [0.5, 0.6) is 0 Å². The van der Waals surface area contributed by atoms with E-state index in [-0.39, 0.29) is 6.04 Å². The van der Waals surface area contributed by atoms with E-state index in [9.17, 15) is 0 Å². The highest BCUT2D eigenvalue weighted by Crippen LogP contribution is 2.21. The minimum absolute atomic E-state index is 0.140. The van der Waals surface area contributed by atoms with Crippen LogP contribution in [0, 0.1) is 0 Å². The Hall–Kier alpha value is -1.12. The number of hydrogen-bond acceptors (Lipinski definition) is 1. The van der Waals surface area contributed by atoms with Gasteiger partial charge in [0.25, 0.3) is 0 Å². The van der Waals surface area contributed by atoms with E-state index in [2.05, 4.69) is 65.3 Å². The molecule has 2 rings (SSSR count). The van der Waals surface area contributed by atoms with Crippen LogP contribution >= 0.6 is 15.9 Å². The summed E-state index contributed by atoms with van der Waals surface area (Å²) in [5.41, 5.74) is 8.90. The van der Waals surface area contributed by atoms with Crippen molar-refractivity contribution in [1.29, 1.82) is 0 Å². The average molecular weight is 304 g/mol. The van der Waals surface area contributed by atoms with E-state index >= 15 is 0 Å². The van der Waals surface area contributed by atoms with Gasteiger partial charge in [0.2, 0.25) is 0 Å². The van der Waals surface area contributed by atoms with Crippen LogP contribution in [0.3, 0.4) is 0 Å². The Bertz CT molecular complexity index is 495. The summed E-state index contributed by atoms with van der Waals surface area (Å²) in [6.07, 6.45) is 0.898. The van der Waals surface area contributed by atoms with E-state index < -0.39 is 0 Å². The summed E-state index contributed by atoms with van der Waals surface area (Å²) in [6, 6.07) is 19.0. The summed E-state index contributed by atoms with van der Waals surface area (Å²) in [4.78, 5) is 0. The second kappa shape index (κ2) is 6.17. The summed E-state index contributed by atoms with van der Waals surface area (Å²) in [5.74, 6) is 0.366. The lowest BCUT2D eigenvalue weighted by Crippen LogP contribution is -2.29. The molecule has 0 radical (unpaired) electrons. The highest BCUT2D eigenvalue weighted by molar-refractivity contribution is 9.10. The minimum atomic E-state index is 0.140. The van der Waals surface area contributed by atoms with Crippen molar-refractivity contribution in [2.24, 2.45) is 5.73 Å². The van der Waals surface area contributed by atoms with E-state index in [1.807, 2.05) is 12.1 Å². The molecule has 0 aliphatic heterocycles. The molecule has 0 saturated heterocycles. The predicted octanol–water partition coefficient (Wildman–Crippen LogP) is 4.12. The Morgan fingerprint density at radius 3 is 2.44 bits per heavy atom. The smallest absolute Gasteiger partial charge is 0.0178 e. The maximum absolute atomic E-state index is 6.32. The molecule has 0 saturated carbocycles. The second-order valence-corrected chi connectivity index (χ2v) is 5.61. The third kappa shape index (κ3) is 3.44. The van der Waals surface area contributed by atoms with Gasteiger partial charge < -0.3 is 5.73 Å². The summed E-state index contributed by atoms with van der Waals surface area (Å²) < 4.78 is 1.11. The van der Waals surface area contributed by atoms with Crippen molar-refractivity contribution in [3.05, 3.63) is 70.2 Å². The standard InChI is InChI=1S/C16H18BrN/c1-12(14-7-3-2-4-8-14)16(18)11-13-6-5-9-15(17)10-13/h2-10,12,16H,11,18H2,1H3. The first kappa shape index (κ1) is 13.3. The monoisotopic (exact) mass is 303 g/mol. The first-order valence-electron chi connectivity index (χ1n) is 6.22. The van der Waals surface area contributed by atoms with Crippen LogP contribution < -0.4 is 5.73 Å². The zero-order chi connectivity index (χ0) is 13.0. The lowest BCUT2D eigenvalue weighted by Gasteiger charge is -2.20. The zero-order valence-electron chi connectivity index (χ0n) is 10.5. The molecule has 2 aromatic carbocycles. The largest absolute Gasteiger partial charge is 0.327 e. The Morgan fingerprint density at radius 1 is 1.06 bits per heavy atom. The van der Waals surface area contributed by atoms with Crippen molar-refractivity contribution >= 4 is 15.9 Å². The highest BCUT2D eigenvalue weighted by Gasteiger charge is 2.15. The molecule has 0 heterocycles. The molecular formula is C16H18BrN. The number of benzene rings is 2. The Labute approximate surface area is 117 Å². The molecule has 2 N–H and O–H groups in total. The first-order chi connectivity index (χ1) is 8.66.